The molecule has 1 nitrogen and oxygen atoms in total. The van der Waals surface area contributed by atoms with Gasteiger partial charge in [0.2, 0.25) is 0 Å². The second kappa shape index (κ2) is 4.40. The van der Waals surface area contributed by atoms with Gasteiger partial charge in [0.25, 0.3) is 0 Å². The summed E-state index contributed by atoms with van der Waals surface area (Å²) >= 11 is 0. The molecule has 106 valence electrons. The lowest BCUT2D eigenvalue weighted by Crippen LogP contribution is -2.67. The molecule has 0 aromatic heterocycles. The van der Waals surface area contributed by atoms with Crippen LogP contribution in [0.15, 0.2) is 30.3 Å². The highest BCUT2D eigenvalue weighted by molar-refractivity contribution is 5.15. The van der Waals surface area contributed by atoms with Gasteiger partial charge >= 0.3 is 17.8 Å². The summed E-state index contributed by atoms with van der Waals surface area (Å²) in [6.07, 6.45) is 0. The van der Waals surface area contributed by atoms with Crippen molar-refractivity contribution in [3.63, 3.8) is 0 Å². The van der Waals surface area contributed by atoms with Crippen LogP contribution in [0.3, 0.4) is 0 Å². The molecule has 0 N–H and O–H groups in total. The highest BCUT2D eigenvalue weighted by Gasteiger charge is 2.74. The molecule has 0 radical (unpaired) electrons. The molecular formula is C12H11F6N. The third-order valence-electron chi connectivity index (χ3n) is 2.52. The molecule has 7 heteroatoms. The van der Waals surface area contributed by atoms with E-state index in [1.54, 1.807) is 0 Å². The van der Waals surface area contributed by atoms with E-state index in [1.165, 1.54) is 30.3 Å². The summed E-state index contributed by atoms with van der Waals surface area (Å²) < 4.78 is 111. The molecule has 0 saturated carbocycles. The minimum absolute atomic E-state index is 0.0112. The predicted octanol–water partition coefficient (Wildman–Crippen LogP) is 3.41. The summed E-state index contributed by atoms with van der Waals surface area (Å²) in [5.41, 5.74) is 0.0112. The molecule has 0 aliphatic carbocycles. The predicted molar refractivity (Wildman–Crippen MR) is 56.6 cm³/mol. The Morgan fingerprint density at radius 1 is 0.947 bits per heavy atom. The van der Waals surface area contributed by atoms with Crippen molar-refractivity contribution in [1.29, 1.82) is 0 Å². The highest BCUT2D eigenvalue weighted by Crippen LogP contribution is 2.49. The van der Waals surface area contributed by atoms with Gasteiger partial charge in [-0.1, -0.05) is 30.3 Å². The smallest absolute Gasteiger partial charge is 0.287 e. The van der Waals surface area contributed by atoms with Crippen molar-refractivity contribution < 1.29 is 31.8 Å². The van der Waals surface area contributed by atoms with Gasteiger partial charge in [0.1, 0.15) is 0 Å². The van der Waals surface area contributed by atoms with Crippen molar-refractivity contribution in [3.05, 3.63) is 35.9 Å². The monoisotopic (exact) mass is 287 g/mol. The first-order valence-electron chi connectivity index (χ1n) is 7.16. The zero-order valence-electron chi connectivity index (χ0n) is 13.3. The maximum absolute atomic E-state index is 13.7. The molecule has 1 aromatic carbocycles. The summed E-state index contributed by atoms with van der Waals surface area (Å²) in [7, 11) is 0. The third-order valence-corrected chi connectivity index (χ3v) is 2.52. The van der Waals surface area contributed by atoms with Crippen LogP contribution in [-0.2, 0) is 6.54 Å². The second-order valence-corrected chi connectivity index (χ2v) is 4.02. The summed E-state index contributed by atoms with van der Waals surface area (Å²) in [6.45, 7) is -9.71. The molecule has 1 saturated heterocycles. The van der Waals surface area contributed by atoms with Crippen molar-refractivity contribution in [1.82, 2.24) is 4.90 Å². The molecule has 1 heterocycles. The summed E-state index contributed by atoms with van der Waals surface area (Å²) in [6, 6.07) is 6.76. The van der Waals surface area contributed by atoms with Crippen molar-refractivity contribution in [2.24, 2.45) is 0 Å². The molecule has 0 atom stereocenters. The number of likely N-dealkylation sites (tertiary alicyclic amines) is 1. The Balaban J connectivity index is 2.60. The number of alkyl halides is 6. The minimum atomic E-state index is -6.19. The largest absolute Gasteiger partial charge is 0.374 e. The average molecular weight is 287 g/mol. The summed E-state index contributed by atoms with van der Waals surface area (Å²) in [5, 5.41) is 0. The van der Waals surface area contributed by atoms with Crippen molar-refractivity contribution in [2.75, 3.05) is 13.0 Å². The lowest BCUT2D eigenvalue weighted by Gasteiger charge is -2.42. The number of nitrogens with zero attached hydrogens (tertiary/aromatic N) is 1. The van der Waals surface area contributed by atoms with Crippen LogP contribution in [0.4, 0.5) is 26.3 Å². The topological polar surface area (TPSA) is 3.24 Å². The number of benzene rings is 1. The van der Waals surface area contributed by atoms with Crippen molar-refractivity contribution in [3.8, 4) is 0 Å². The summed E-state index contributed by atoms with van der Waals surface area (Å²) in [4.78, 5) is -0.563. The van der Waals surface area contributed by atoms with E-state index in [1.807, 2.05) is 0 Å². The number of hydrogen-bond acceptors (Lipinski definition) is 1. The van der Waals surface area contributed by atoms with Gasteiger partial charge in [-0.15, -0.1) is 0 Å². The zero-order valence-corrected chi connectivity index (χ0v) is 9.31. The minimum Gasteiger partial charge on any atom is -0.287 e. The van der Waals surface area contributed by atoms with Crippen LogP contribution in [0, 0.1) is 0 Å². The van der Waals surface area contributed by atoms with Gasteiger partial charge in [0, 0.05) is 12.0 Å². The van der Waals surface area contributed by atoms with Gasteiger partial charge in [-0.3, -0.25) is 4.90 Å². The lowest BCUT2D eigenvalue weighted by atomic mass is 9.98. The SMILES string of the molecule is [2H]C1([2H])N(Cc2ccccc2)C([2H])([2H])C(F)(F)C(F)(F)C1(F)F. The Bertz CT molecular complexity index is 562. The second-order valence-electron chi connectivity index (χ2n) is 4.02. The number of piperidine rings is 1. The molecular weight excluding hydrogens is 272 g/mol. The molecule has 1 aromatic rings. The molecule has 1 fully saturated rings. The third kappa shape index (κ3) is 2.43. The van der Waals surface area contributed by atoms with Gasteiger partial charge < -0.3 is 0 Å². The summed E-state index contributed by atoms with van der Waals surface area (Å²) in [5.74, 6) is -17.8. The van der Waals surface area contributed by atoms with Crippen molar-refractivity contribution in [2.45, 2.75) is 24.3 Å². The van der Waals surface area contributed by atoms with Crippen LogP contribution in [0.25, 0.3) is 0 Å². The van der Waals surface area contributed by atoms with E-state index in [-0.39, 0.29) is 5.56 Å². The Hall–Kier alpha value is -1.24. The van der Waals surface area contributed by atoms with Crippen LogP contribution in [0.1, 0.15) is 11.0 Å². The Morgan fingerprint density at radius 3 is 1.89 bits per heavy atom. The highest BCUT2D eigenvalue weighted by atomic mass is 19.3. The standard InChI is InChI=1S/C12H11F6N/c13-10(14)7-19(6-9-4-2-1-3-5-9)8-11(15,16)12(10,17)18/h1-5H,6-8H2/i7D2,8D2. The van der Waals surface area contributed by atoms with Crippen LogP contribution in [-0.4, -0.2) is 35.7 Å². The van der Waals surface area contributed by atoms with Gasteiger partial charge in [-0.2, -0.15) is 26.3 Å². The Morgan fingerprint density at radius 2 is 1.42 bits per heavy atom. The molecule has 1 aliphatic rings. The first-order chi connectivity index (χ1) is 10.2. The zero-order chi connectivity index (χ0) is 17.9. The Labute approximate surface area is 111 Å². The first-order valence-corrected chi connectivity index (χ1v) is 5.16. The van der Waals surface area contributed by atoms with Gasteiger partial charge in [0.05, 0.1) is 13.0 Å². The van der Waals surface area contributed by atoms with E-state index in [4.69, 9.17) is 5.48 Å². The lowest BCUT2D eigenvalue weighted by molar-refractivity contribution is -0.339. The first kappa shape index (κ1) is 9.63. The van der Waals surface area contributed by atoms with Crippen LogP contribution in [0.5, 0.6) is 0 Å². The van der Waals surface area contributed by atoms with Gasteiger partial charge in [-0.05, 0) is 5.56 Å². The van der Waals surface area contributed by atoms with E-state index in [0.29, 0.717) is 0 Å². The van der Waals surface area contributed by atoms with E-state index < -0.39 is 42.2 Å². The van der Waals surface area contributed by atoms with E-state index in [0.717, 1.165) is 0 Å². The van der Waals surface area contributed by atoms with Crippen LogP contribution >= 0.6 is 0 Å². The van der Waals surface area contributed by atoms with E-state index >= 15 is 0 Å². The average Bonchev–Trinajstić information content (AvgIpc) is 2.43. The van der Waals surface area contributed by atoms with Crippen LogP contribution in [0.2, 0.25) is 0 Å². The maximum atomic E-state index is 13.7. The quantitative estimate of drug-likeness (QED) is 0.753. The normalized spacial score (nSPS) is 33.6. The molecule has 0 spiro atoms. The van der Waals surface area contributed by atoms with Crippen LogP contribution < -0.4 is 0 Å². The fourth-order valence-electron chi connectivity index (χ4n) is 1.55. The molecule has 2 rings (SSSR count). The molecule has 19 heavy (non-hydrogen) atoms. The van der Waals surface area contributed by atoms with Gasteiger partial charge in [0.15, 0.2) is 0 Å². The fourth-order valence-corrected chi connectivity index (χ4v) is 1.55. The molecule has 0 bridgehead atoms. The van der Waals surface area contributed by atoms with E-state index in [2.05, 4.69) is 0 Å². The fraction of sp³-hybridized carbons (Fsp3) is 0.500. The van der Waals surface area contributed by atoms with Crippen molar-refractivity contribution >= 4 is 0 Å². The number of halogens is 6. The molecule has 1 aliphatic heterocycles. The molecule has 0 amide bonds. The Kier molecular flexibility index (Phi) is 2.23. The maximum Gasteiger partial charge on any atom is 0.374 e. The van der Waals surface area contributed by atoms with E-state index in [9.17, 15) is 26.3 Å². The molecule has 0 unspecified atom stereocenters. The number of hydrogen-bond donors (Lipinski definition) is 0. The van der Waals surface area contributed by atoms with Gasteiger partial charge in [-0.25, -0.2) is 0 Å². The number of rotatable bonds is 2.